The molecule has 0 bridgehead atoms. The van der Waals surface area contributed by atoms with Crippen LogP contribution in [0.1, 0.15) is 36.5 Å². The first-order chi connectivity index (χ1) is 10.5. The van der Waals surface area contributed by atoms with Crippen LogP contribution in [0, 0.1) is 0 Å². The van der Waals surface area contributed by atoms with Gasteiger partial charge in [0, 0.05) is 25.2 Å². The van der Waals surface area contributed by atoms with E-state index >= 15 is 0 Å². The molecule has 1 aromatic heterocycles. The number of nitrogens with zero attached hydrogens (tertiary/aromatic N) is 2. The summed E-state index contributed by atoms with van der Waals surface area (Å²) in [5, 5.41) is 3.46. The molecule has 0 saturated carbocycles. The molecule has 0 radical (unpaired) electrons. The van der Waals surface area contributed by atoms with Crippen LogP contribution in [0.5, 0.6) is 5.75 Å². The molecular formula is C16H21ClN4O. The van der Waals surface area contributed by atoms with Crippen molar-refractivity contribution in [3.8, 4) is 5.75 Å². The number of halogens is 1. The molecule has 1 aromatic carbocycles. The smallest absolute Gasteiger partial charge is 0.224 e. The lowest BCUT2D eigenvalue weighted by Crippen LogP contribution is -2.06. The van der Waals surface area contributed by atoms with Crippen LogP contribution in [0.15, 0.2) is 18.3 Å². The maximum absolute atomic E-state index is 6.26. The SMILES string of the molecule is CNc1ncc(Cc2cc(Cl)c(OC)cc2C(C)C)c(N)n1. The van der Waals surface area contributed by atoms with E-state index < -0.39 is 0 Å². The van der Waals surface area contributed by atoms with Crippen molar-refractivity contribution in [2.75, 3.05) is 25.2 Å². The Morgan fingerprint density at radius 1 is 1.32 bits per heavy atom. The van der Waals surface area contributed by atoms with Crippen LogP contribution >= 0.6 is 11.6 Å². The van der Waals surface area contributed by atoms with Gasteiger partial charge in [-0.3, -0.25) is 0 Å². The number of hydrogen-bond donors (Lipinski definition) is 2. The van der Waals surface area contributed by atoms with Crippen LogP contribution in [-0.4, -0.2) is 24.1 Å². The van der Waals surface area contributed by atoms with Gasteiger partial charge in [0.1, 0.15) is 11.6 Å². The lowest BCUT2D eigenvalue weighted by atomic mass is 9.93. The van der Waals surface area contributed by atoms with Crippen molar-refractivity contribution < 1.29 is 4.74 Å². The monoisotopic (exact) mass is 320 g/mol. The molecule has 0 unspecified atom stereocenters. The molecular weight excluding hydrogens is 300 g/mol. The molecule has 0 saturated heterocycles. The summed E-state index contributed by atoms with van der Waals surface area (Å²) >= 11 is 6.26. The van der Waals surface area contributed by atoms with E-state index in [0.29, 0.717) is 34.9 Å². The minimum atomic E-state index is 0.347. The molecule has 5 nitrogen and oxygen atoms in total. The number of aromatic nitrogens is 2. The van der Waals surface area contributed by atoms with Gasteiger partial charge in [0.05, 0.1) is 12.1 Å². The van der Waals surface area contributed by atoms with Gasteiger partial charge in [0.15, 0.2) is 0 Å². The molecule has 0 aliphatic heterocycles. The number of rotatable bonds is 5. The fourth-order valence-corrected chi connectivity index (χ4v) is 2.60. The van der Waals surface area contributed by atoms with Crippen LogP contribution in [-0.2, 0) is 6.42 Å². The fraction of sp³-hybridized carbons (Fsp3) is 0.375. The van der Waals surface area contributed by atoms with E-state index in [4.69, 9.17) is 22.1 Å². The van der Waals surface area contributed by atoms with E-state index in [2.05, 4.69) is 29.1 Å². The average Bonchev–Trinajstić information content (AvgIpc) is 2.49. The molecule has 0 atom stereocenters. The number of nitrogen functional groups attached to an aromatic ring is 1. The maximum Gasteiger partial charge on any atom is 0.224 e. The number of nitrogens with two attached hydrogens (primary N) is 1. The van der Waals surface area contributed by atoms with Gasteiger partial charge in [-0.1, -0.05) is 25.4 Å². The molecule has 22 heavy (non-hydrogen) atoms. The highest BCUT2D eigenvalue weighted by molar-refractivity contribution is 6.32. The number of benzene rings is 1. The Bertz CT molecular complexity index is 673. The normalized spacial score (nSPS) is 10.8. The van der Waals surface area contributed by atoms with E-state index in [1.807, 2.05) is 12.1 Å². The third-order valence-corrected chi connectivity index (χ3v) is 3.83. The molecule has 0 aliphatic rings. The number of nitrogens with one attached hydrogen (secondary N) is 1. The van der Waals surface area contributed by atoms with Crippen molar-refractivity contribution in [2.45, 2.75) is 26.2 Å². The van der Waals surface area contributed by atoms with Crippen molar-refractivity contribution in [1.82, 2.24) is 9.97 Å². The first-order valence-electron chi connectivity index (χ1n) is 7.11. The first kappa shape index (κ1) is 16.4. The van der Waals surface area contributed by atoms with Crippen LogP contribution < -0.4 is 15.8 Å². The van der Waals surface area contributed by atoms with E-state index in [1.54, 1.807) is 20.4 Å². The second-order valence-electron chi connectivity index (χ2n) is 5.37. The third-order valence-electron chi connectivity index (χ3n) is 3.54. The summed E-state index contributed by atoms with van der Waals surface area (Å²) in [6.07, 6.45) is 2.38. The first-order valence-corrected chi connectivity index (χ1v) is 7.49. The molecule has 3 N–H and O–H groups in total. The van der Waals surface area contributed by atoms with Gasteiger partial charge in [0.2, 0.25) is 5.95 Å². The Hall–Kier alpha value is -2.01. The minimum Gasteiger partial charge on any atom is -0.495 e. The van der Waals surface area contributed by atoms with E-state index in [9.17, 15) is 0 Å². The topological polar surface area (TPSA) is 73.1 Å². The number of hydrogen-bond acceptors (Lipinski definition) is 5. The van der Waals surface area contributed by atoms with Gasteiger partial charge in [-0.15, -0.1) is 0 Å². The Balaban J connectivity index is 2.42. The van der Waals surface area contributed by atoms with Crippen LogP contribution in [0.2, 0.25) is 5.02 Å². The number of methoxy groups -OCH3 is 1. The van der Waals surface area contributed by atoms with Crippen LogP contribution in [0.25, 0.3) is 0 Å². The molecule has 0 spiro atoms. The second kappa shape index (κ2) is 6.83. The molecule has 0 aliphatic carbocycles. The zero-order valence-corrected chi connectivity index (χ0v) is 14.0. The van der Waals surface area contributed by atoms with Gasteiger partial charge >= 0.3 is 0 Å². The standard InChI is InChI=1S/C16H21ClN4O/c1-9(2)12-7-14(22-4)13(17)6-10(12)5-11-8-20-16(19-3)21-15(11)18/h6-9H,5H2,1-4H3,(H3,18,19,20,21). The molecule has 6 heteroatoms. The molecule has 2 aromatic rings. The Morgan fingerprint density at radius 2 is 2.05 bits per heavy atom. The zero-order chi connectivity index (χ0) is 16.3. The summed E-state index contributed by atoms with van der Waals surface area (Å²) in [6, 6.07) is 3.92. The molecule has 0 fully saturated rings. The Labute approximate surface area is 135 Å². The Kier molecular flexibility index (Phi) is 5.08. The fourth-order valence-electron chi connectivity index (χ4n) is 2.34. The van der Waals surface area contributed by atoms with E-state index in [0.717, 1.165) is 11.1 Å². The predicted octanol–water partition coefficient (Wildman–Crippen LogP) is 3.48. The summed E-state index contributed by atoms with van der Waals surface area (Å²) in [5.74, 6) is 2.02. The second-order valence-corrected chi connectivity index (χ2v) is 5.78. The lowest BCUT2D eigenvalue weighted by Gasteiger charge is -2.16. The Morgan fingerprint density at radius 3 is 2.59 bits per heavy atom. The van der Waals surface area contributed by atoms with E-state index in [1.165, 1.54) is 5.56 Å². The van der Waals surface area contributed by atoms with Crippen molar-refractivity contribution in [3.05, 3.63) is 40.0 Å². The van der Waals surface area contributed by atoms with Crippen LogP contribution in [0.4, 0.5) is 11.8 Å². The summed E-state index contributed by atoms with van der Waals surface area (Å²) in [5.41, 5.74) is 9.18. The van der Waals surface area contributed by atoms with Gasteiger partial charge in [-0.05, 0) is 29.2 Å². The average molecular weight is 321 g/mol. The molecule has 118 valence electrons. The summed E-state index contributed by atoms with van der Waals surface area (Å²) in [7, 11) is 3.38. The van der Waals surface area contributed by atoms with E-state index in [-0.39, 0.29) is 0 Å². The highest BCUT2D eigenvalue weighted by Crippen LogP contribution is 2.33. The van der Waals surface area contributed by atoms with Crippen molar-refractivity contribution in [2.24, 2.45) is 0 Å². The third kappa shape index (κ3) is 3.42. The zero-order valence-electron chi connectivity index (χ0n) is 13.3. The van der Waals surface area contributed by atoms with Gasteiger partial charge in [-0.2, -0.15) is 4.98 Å². The highest BCUT2D eigenvalue weighted by Gasteiger charge is 2.14. The number of ether oxygens (including phenoxy) is 1. The summed E-state index contributed by atoms with van der Waals surface area (Å²) in [4.78, 5) is 8.44. The highest BCUT2D eigenvalue weighted by atomic mass is 35.5. The summed E-state index contributed by atoms with van der Waals surface area (Å²) in [6.45, 7) is 4.27. The van der Waals surface area contributed by atoms with Crippen molar-refractivity contribution in [3.63, 3.8) is 0 Å². The molecule has 0 amide bonds. The predicted molar refractivity (Wildman–Crippen MR) is 90.9 cm³/mol. The van der Waals surface area contributed by atoms with Gasteiger partial charge in [0.25, 0.3) is 0 Å². The maximum atomic E-state index is 6.26. The molecule has 1 heterocycles. The largest absolute Gasteiger partial charge is 0.495 e. The minimum absolute atomic E-state index is 0.347. The molecule has 2 rings (SSSR count). The quantitative estimate of drug-likeness (QED) is 0.882. The van der Waals surface area contributed by atoms with Gasteiger partial charge in [-0.25, -0.2) is 4.98 Å². The lowest BCUT2D eigenvalue weighted by molar-refractivity contribution is 0.414. The summed E-state index contributed by atoms with van der Waals surface area (Å²) < 4.78 is 5.31. The van der Waals surface area contributed by atoms with Gasteiger partial charge < -0.3 is 15.8 Å². The number of anilines is 2. The van der Waals surface area contributed by atoms with Crippen LogP contribution in [0.3, 0.4) is 0 Å². The van der Waals surface area contributed by atoms with Crippen molar-refractivity contribution in [1.29, 1.82) is 0 Å². The van der Waals surface area contributed by atoms with Crippen molar-refractivity contribution >= 4 is 23.4 Å².